The van der Waals surface area contributed by atoms with Gasteiger partial charge in [-0.2, -0.15) is 0 Å². The molecule has 0 fully saturated rings. The van der Waals surface area contributed by atoms with E-state index >= 15 is 0 Å². The van der Waals surface area contributed by atoms with Crippen molar-refractivity contribution in [1.82, 2.24) is 9.55 Å². The van der Waals surface area contributed by atoms with Crippen molar-refractivity contribution in [3.8, 4) is 0 Å². The number of nitrogens with one attached hydrogen (secondary N) is 1. The Morgan fingerprint density at radius 2 is 1.97 bits per heavy atom. The lowest BCUT2D eigenvalue weighted by atomic mass is 10.1. The molecule has 9 nitrogen and oxygen atoms in total. The maximum absolute atomic E-state index is 12.9. The number of fused-ring (bicyclic) bond motifs is 3. The number of aromatic nitrogens is 2. The van der Waals surface area contributed by atoms with Crippen LogP contribution in [-0.2, 0) is 35.3 Å². The van der Waals surface area contributed by atoms with E-state index in [4.69, 9.17) is 10.5 Å². The third kappa shape index (κ3) is 3.55. The van der Waals surface area contributed by atoms with Crippen molar-refractivity contribution in [2.24, 2.45) is 5.73 Å². The van der Waals surface area contributed by atoms with Gasteiger partial charge in [-0.25, -0.2) is 9.78 Å². The number of nitrogens with two attached hydrogens (primary N) is 1. The predicted octanol–water partition coefficient (Wildman–Crippen LogP) is 2.55. The number of anilines is 1. The number of carbonyl (C=O) groups excluding carboxylic acids is 3. The summed E-state index contributed by atoms with van der Waals surface area (Å²) in [7, 11) is 0. The van der Waals surface area contributed by atoms with Crippen LogP contribution in [0.25, 0.3) is 10.2 Å². The lowest BCUT2D eigenvalue weighted by Crippen LogP contribution is -2.30. The van der Waals surface area contributed by atoms with Crippen molar-refractivity contribution in [2.45, 2.75) is 58.6 Å². The van der Waals surface area contributed by atoms with E-state index in [-0.39, 0.29) is 10.4 Å². The maximum atomic E-state index is 12.9. The Hall–Kier alpha value is -3.05. The number of amides is 2. The fourth-order valence-electron chi connectivity index (χ4n) is 4.50. The molecular formula is C22H22N4O5S2. The third-order valence-electron chi connectivity index (χ3n) is 6.15. The van der Waals surface area contributed by atoms with E-state index in [1.54, 1.807) is 11.5 Å². The molecule has 0 bridgehead atoms. The molecule has 33 heavy (non-hydrogen) atoms. The Labute approximate surface area is 196 Å². The molecule has 0 saturated heterocycles. The highest BCUT2D eigenvalue weighted by Crippen LogP contribution is 2.39. The van der Waals surface area contributed by atoms with E-state index in [2.05, 4.69) is 10.3 Å². The average Bonchev–Trinajstić information content (AvgIpc) is 3.51. The number of thiophene rings is 2. The van der Waals surface area contributed by atoms with Crippen molar-refractivity contribution < 1.29 is 19.1 Å². The molecule has 1 aliphatic carbocycles. The minimum atomic E-state index is -1.11. The number of primary amides is 1. The second-order valence-electron chi connectivity index (χ2n) is 8.29. The molecule has 3 aromatic heterocycles. The van der Waals surface area contributed by atoms with Crippen LogP contribution in [0.4, 0.5) is 5.00 Å². The van der Waals surface area contributed by atoms with Crippen molar-refractivity contribution in [3.63, 3.8) is 0 Å². The molecule has 0 radical (unpaired) electrons. The normalized spacial score (nSPS) is 15.3. The maximum Gasteiger partial charge on any atom is 0.349 e. The highest BCUT2D eigenvalue weighted by molar-refractivity contribution is 7.20. The standard InChI is InChI=1S/C22H22N4O5S2/c1-9-14-19(24-13-7-4-8-26(13)21(14)29)33-16(9)22(30)31-10(2)18(28)25-20-15(17(23)27)11-5-3-6-12(11)32-20/h10H,3-8H2,1-2H3,(H2,23,27)(H,25,28)/t10-/m0/s1. The number of aryl methyl sites for hydroxylation is 3. The van der Waals surface area contributed by atoms with Crippen LogP contribution in [0, 0.1) is 6.92 Å². The number of ether oxygens (including phenoxy) is 1. The lowest BCUT2D eigenvalue weighted by Gasteiger charge is -2.13. The third-order valence-corrected chi connectivity index (χ3v) is 8.53. The van der Waals surface area contributed by atoms with Gasteiger partial charge in [-0.3, -0.25) is 19.0 Å². The van der Waals surface area contributed by atoms with Gasteiger partial charge in [-0.15, -0.1) is 22.7 Å². The predicted molar refractivity (Wildman–Crippen MR) is 125 cm³/mol. The largest absolute Gasteiger partial charge is 0.448 e. The Balaban J connectivity index is 1.35. The Morgan fingerprint density at radius 1 is 1.18 bits per heavy atom. The first kappa shape index (κ1) is 21.8. The molecule has 3 N–H and O–H groups in total. The summed E-state index contributed by atoms with van der Waals surface area (Å²) in [5, 5.41) is 3.52. The molecule has 2 amide bonds. The van der Waals surface area contributed by atoms with Crippen LogP contribution in [0.15, 0.2) is 4.79 Å². The van der Waals surface area contributed by atoms with Crippen LogP contribution in [0.3, 0.4) is 0 Å². The molecule has 2 aliphatic rings. The molecule has 0 saturated carbocycles. The smallest absolute Gasteiger partial charge is 0.349 e. The summed E-state index contributed by atoms with van der Waals surface area (Å²) < 4.78 is 7.07. The number of hydrogen-bond donors (Lipinski definition) is 2. The first-order valence-corrected chi connectivity index (χ1v) is 12.4. The van der Waals surface area contributed by atoms with Crippen LogP contribution < -0.4 is 16.6 Å². The quantitative estimate of drug-likeness (QED) is 0.533. The van der Waals surface area contributed by atoms with Crippen molar-refractivity contribution in [2.75, 3.05) is 5.32 Å². The number of carbonyl (C=O) groups is 3. The van der Waals surface area contributed by atoms with Crippen LogP contribution in [-0.4, -0.2) is 33.4 Å². The van der Waals surface area contributed by atoms with Crippen LogP contribution in [0.2, 0.25) is 0 Å². The average molecular weight is 487 g/mol. The number of nitrogens with zero attached hydrogens (tertiary/aromatic N) is 2. The Kier molecular flexibility index (Phi) is 5.32. The number of rotatable bonds is 5. The van der Waals surface area contributed by atoms with Crippen molar-refractivity contribution in [1.29, 1.82) is 0 Å². The molecule has 4 heterocycles. The van der Waals surface area contributed by atoms with Gasteiger partial charge >= 0.3 is 5.97 Å². The van der Waals surface area contributed by atoms with E-state index in [0.29, 0.717) is 32.9 Å². The first-order chi connectivity index (χ1) is 15.8. The zero-order chi connectivity index (χ0) is 23.4. The number of esters is 1. The summed E-state index contributed by atoms with van der Waals surface area (Å²) in [4.78, 5) is 56.7. The molecule has 1 atom stereocenters. The van der Waals surface area contributed by atoms with Gasteiger partial charge < -0.3 is 15.8 Å². The molecule has 0 unspecified atom stereocenters. The minimum absolute atomic E-state index is 0.143. The van der Waals surface area contributed by atoms with Gasteiger partial charge in [0.2, 0.25) is 0 Å². The highest BCUT2D eigenvalue weighted by atomic mass is 32.1. The van der Waals surface area contributed by atoms with E-state index in [9.17, 15) is 19.2 Å². The second-order valence-corrected chi connectivity index (χ2v) is 10.4. The molecule has 1 aliphatic heterocycles. The number of hydrogen-bond acceptors (Lipinski definition) is 8. The van der Waals surface area contributed by atoms with Gasteiger partial charge in [0.25, 0.3) is 17.4 Å². The Morgan fingerprint density at radius 3 is 2.73 bits per heavy atom. The topological polar surface area (TPSA) is 133 Å². The Bertz CT molecular complexity index is 1400. The first-order valence-electron chi connectivity index (χ1n) is 10.7. The van der Waals surface area contributed by atoms with E-state index < -0.39 is 23.9 Å². The molecule has 5 rings (SSSR count). The van der Waals surface area contributed by atoms with Crippen LogP contribution >= 0.6 is 22.7 Å². The van der Waals surface area contributed by atoms with Gasteiger partial charge in [-0.1, -0.05) is 0 Å². The SMILES string of the molecule is Cc1c(C(=O)O[C@@H](C)C(=O)Nc2sc3c(c2C(N)=O)CCC3)sc2nc3n(c(=O)c12)CCC3. The summed E-state index contributed by atoms with van der Waals surface area (Å²) >= 11 is 2.44. The van der Waals surface area contributed by atoms with Gasteiger partial charge in [0.15, 0.2) is 6.10 Å². The second kappa shape index (κ2) is 8.07. The summed E-state index contributed by atoms with van der Waals surface area (Å²) in [5.41, 5.74) is 7.16. The minimum Gasteiger partial charge on any atom is -0.448 e. The fourth-order valence-corrected chi connectivity index (χ4v) is 6.88. The van der Waals surface area contributed by atoms with Crippen molar-refractivity contribution >= 4 is 55.7 Å². The summed E-state index contributed by atoms with van der Waals surface area (Å²) in [6.07, 6.45) is 3.07. The fraction of sp³-hybridized carbons (Fsp3) is 0.409. The summed E-state index contributed by atoms with van der Waals surface area (Å²) in [6.45, 7) is 3.78. The van der Waals surface area contributed by atoms with Gasteiger partial charge in [0.1, 0.15) is 20.5 Å². The zero-order valence-electron chi connectivity index (χ0n) is 18.1. The van der Waals surface area contributed by atoms with E-state index in [0.717, 1.165) is 59.7 Å². The highest BCUT2D eigenvalue weighted by Gasteiger charge is 2.29. The molecule has 172 valence electrons. The van der Waals surface area contributed by atoms with Crippen molar-refractivity contribution in [3.05, 3.63) is 42.6 Å². The molecule has 0 spiro atoms. The van der Waals surface area contributed by atoms with Gasteiger partial charge in [0.05, 0.1) is 10.9 Å². The van der Waals surface area contributed by atoms with Gasteiger partial charge in [-0.05, 0) is 50.7 Å². The van der Waals surface area contributed by atoms with Crippen LogP contribution in [0.5, 0.6) is 0 Å². The molecule has 0 aromatic carbocycles. The molecule has 3 aromatic rings. The van der Waals surface area contributed by atoms with E-state index in [1.165, 1.54) is 18.3 Å². The molecule has 11 heteroatoms. The van der Waals surface area contributed by atoms with E-state index in [1.807, 2.05) is 0 Å². The zero-order valence-corrected chi connectivity index (χ0v) is 19.8. The summed E-state index contributed by atoms with van der Waals surface area (Å²) in [6, 6.07) is 0. The molecular weight excluding hydrogens is 464 g/mol. The monoisotopic (exact) mass is 486 g/mol. The van der Waals surface area contributed by atoms with Gasteiger partial charge in [0, 0.05) is 17.8 Å². The lowest BCUT2D eigenvalue weighted by molar-refractivity contribution is -0.123. The summed E-state index contributed by atoms with van der Waals surface area (Å²) in [5.74, 6) is -1.09. The van der Waals surface area contributed by atoms with Crippen LogP contribution in [0.1, 0.15) is 61.6 Å².